The van der Waals surface area contributed by atoms with Crippen molar-refractivity contribution in [3.8, 4) is 0 Å². The van der Waals surface area contributed by atoms with Crippen LogP contribution in [-0.2, 0) is 4.74 Å². The van der Waals surface area contributed by atoms with Crippen molar-refractivity contribution in [3.05, 3.63) is 29.1 Å². The summed E-state index contributed by atoms with van der Waals surface area (Å²) in [7, 11) is 0. The van der Waals surface area contributed by atoms with E-state index in [1.165, 1.54) is 13.0 Å². The maximum Gasteiger partial charge on any atom is 0.161 e. The molecule has 0 aromatic heterocycles. The summed E-state index contributed by atoms with van der Waals surface area (Å²) in [5, 5.41) is 0. The van der Waals surface area contributed by atoms with Gasteiger partial charge in [0.1, 0.15) is 5.82 Å². The highest BCUT2D eigenvalue weighted by Crippen LogP contribution is 2.24. The lowest BCUT2D eigenvalue weighted by Gasteiger charge is -2.25. The van der Waals surface area contributed by atoms with Crippen molar-refractivity contribution in [3.63, 3.8) is 0 Å². The largest absolute Gasteiger partial charge is 0.380 e. The second-order valence-electron chi connectivity index (χ2n) is 4.45. The monoisotopic (exact) mass is 267 g/mol. The standard InChI is InChI=1S/C15H22FNO2/c1-5-17(7-8-19-6-2)15-9-11(3)14(16)10-13(15)12(4)18/h9-10H,5-8H2,1-4H3. The molecular weight excluding hydrogens is 245 g/mol. The summed E-state index contributed by atoms with van der Waals surface area (Å²) in [6, 6.07) is 3.07. The van der Waals surface area contributed by atoms with Crippen LogP contribution in [0.25, 0.3) is 0 Å². The lowest BCUT2D eigenvalue weighted by molar-refractivity contribution is 0.101. The zero-order valence-corrected chi connectivity index (χ0v) is 12.1. The third-order valence-electron chi connectivity index (χ3n) is 3.09. The Morgan fingerprint density at radius 3 is 2.58 bits per heavy atom. The lowest BCUT2D eigenvalue weighted by atomic mass is 10.0. The van der Waals surface area contributed by atoms with Crippen molar-refractivity contribution < 1.29 is 13.9 Å². The van der Waals surface area contributed by atoms with Gasteiger partial charge >= 0.3 is 0 Å². The Hall–Kier alpha value is -1.42. The van der Waals surface area contributed by atoms with E-state index in [0.29, 0.717) is 30.9 Å². The van der Waals surface area contributed by atoms with E-state index in [1.807, 2.05) is 18.7 Å². The second-order valence-corrected chi connectivity index (χ2v) is 4.45. The molecule has 19 heavy (non-hydrogen) atoms. The normalized spacial score (nSPS) is 10.6. The van der Waals surface area contributed by atoms with Crippen LogP contribution in [0.1, 0.15) is 36.7 Å². The molecule has 1 aromatic carbocycles. The van der Waals surface area contributed by atoms with Crippen LogP contribution in [0, 0.1) is 12.7 Å². The number of anilines is 1. The van der Waals surface area contributed by atoms with E-state index in [0.717, 1.165) is 12.2 Å². The molecule has 0 saturated carbocycles. The van der Waals surface area contributed by atoms with Gasteiger partial charge < -0.3 is 9.64 Å². The number of Topliss-reactive ketones (excluding diaryl/α,β-unsaturated/α-hetero) is 1. The van der Waals surface area contributed by atoms with Crippen LogP contribution >= 0.6 is 0 Å². The molecule has 0 heterocycles. The fourth-order valence-corrected chi connectivity index (χ4v) is 1.98. The van der Waals surface area contributed by atoms with E-state index >= 15 is 0 Å². The van der Waals surface area contributed by atoms with Gasteiger partial charge in [0.2, 0.25) is 0 Å². The van der Waals surface area contributed by atoms with Crippen LogP contribution in [0.4, 0.5) is 10.1 Å². The van der Waals surface area contributed by atoms with Crippen LogP contribution in [-0.4, -0.2) is 32.1 Å². The predicted octanol–water partition coefficient (Wildman–Crippen LogP) is 3.20. The molecule has 3 nitrogen and oxygen atoms in total. The lowest BCUT2D eigenvalue weighted by Crippen LogP contribution is -2.28. The van der Waals surface area contributed by atoms with Gasteiger partial charge in [0.05, 0.1) is 6.61 Å². The summed E-state index contributed by atoms with van der Waals surface area (Å²) >= 11 is 0. The van der Waals surface area contributed by atoms with Crippen LogP contribution < -0.4 is 4.90 Å². The van der Waals surface area contributed by atoms with Gasteiger partial charge in [-0.2, -0.15) is 0 Å². The number of carbonyl (C=O) groups is 1. The fourth-order valence-electron chi connectivity index (χ4n) is 1.98. The summed E-state index contributed by atoms with van der Waals surface area (Å²) in [6.45, 7) is 9.82. The Morgan fingerprint density at radius 1 is 1.37 bits per heavy atom. The zero-order valence-electron chi connectivity index (χ0n) is 12.1. The topological polar surface area (TPSA) is 29.5 Å². The number of carbonyl (C=O) groups excluding carboxylic acids is 1. The number of halogens is 1. The summed E-state index contributed by atoms with van der Waals surface area (Å²) in [5.41, 5.74) is 1.77. The van der Waals surface area contributed by atoms with E-state index in [4.69, 9.17) is 4.74 Å². The second kappa shape index (κ2) is 7.24. The van der Waals surface area contributed by atoms with Crippen LogP contribution in [0.2, 0.25) is 0 Å². The quantitative estimate of drug-likeness (QED) is 0.561. The number of hydrogen-bond donors (Lipinski definition) is 0. The molecule has 0 bridgehead atoms. The van der Waals surface area contributed by atoms with Gasteiger partial charge in [0.15, 0.2) is 5.78 Å². The predicted molar refractivity (Wildman–Crippen MR) is 75.5 cm³/mol. The van der Waals surface area contributed by atoms with Gasteiger partial charge in [-0.05, 0) is 45.4 Å². The minimum absolute atomic E-state index is 0.122. The fraction of sp³-hybridized carbons (Fsp3) is 0.533. The van der Waals surface area contributed by atoms with Crippen molar-refractivity contribution in [1.82, 2.24) is 0 Å². The van der Waals surface area contributed by atoms with Gasteiger partial charge in [-0.25, -0.2) is 4.39 Å². The number of nitrogens with zero attached hydrogens (tertiary/aromatic N) is 1. The molecule has 0 aliphatic rings. The molecule has 4 heteroatoms. The Morgan fingerprint density at radius 2 is 2.05 bits per heavy atom. The number of aryl methyl sites for hydroxylation is 1. The van der Waals surface area contributed by atoms with Crippen molar-refractivity contribution in [2.75, 3.05) is 31.2 Å². The molecular formula is C15H22FNO2. The number of ketones is 1. The van der Waals surface area contributed by atoms with Crippen molar-refractivity contribution in [1.29, 1.82) is 0 Å². The molecule has 0 aliphatic carbocycles. The number of likely N-dealkylation sites (N-methyl/N-ethyl adjacent to an activating group) is 1. The molecule has 106 valence electrons. The van der Waals surface area contributed by atoms with Gasteiger partial charge in [-0.3, -0.25) is 4.79 Å². The van der Waals surface area contributed by atoms with E-state index < -0.39 is 0 Å². The SMILES string of the molecule is CCOCCN(CC)c1cc(C)c(F)cc1C(C)=O. The third kappa shape index (κ3) is 4.03. The van der Waals surface area contributed by atoms with Crippen LogP contribution in [0.15, 0.2) is 12.1 Å². The van der Waals surface area contributed by atoms with Gasteiger partial charge in [0, 0.05) is 30.9 Å². The Labute approximate surface area is 114 Å². The average molecular weight is 267 g/mol. The molecule has 0 fully saturated rings. The minimum Gasteiger partial charge on any atom is -0.380 e. The van der Waals surface area contributed by atoms with Crippen molar-refractivity contribution in [2.24, 2.45) is 0 Å². The third-order valence-corrected chi connectivity index (χ3v) is 3.09. The maximum absolute atomic E-state index is 13.6. The highest BCUT2D eigenvalue weighted by atomic mass is 19.1. The molecule has 0 aliphatic heterocycles. The first-order valence-electron chi connectivity index (χ1n) is 6.65. The number of benzene rings is 1. The first kappa shape index (κ1) is 15.6. The summed E-state index contributed by atoms with van der Waals surface area (Å²) in [4.78, 5) is 13.7. The van der Waals surface area contributed by atoms with Crippen molar-refractivity contribution >= 4 is 11.5 Å². The molecule has 0 saturated heterocycles. The molecule has 1 rings (SSSR count). The first-order valence-corrected chi connectivity index (χ1v) is 6.65. The van der Waals surface area contributed by atoms with Crippen LogP contribution in [0.3, 0.4) is 0 Å². The van der Waals surface area contributed by atoms with Gasteiger partial charge in [0.25, 0.3) is 0 Å². The maximum atomic E-state index is 13.6. The number of hydrogen-bond acceptors (Lipinski definition) is 3. The molecule has 0 atom stereocenters. The van der Waals surface area contributed by atoms with E-state index in [-0.39, 0.29) is 11.6 Å². The average Bonchev–Trinajstić information content (AvgIpc) is 2.37. The van der Waals surface area contributed by atoms with Crippen molar-refractivity contribution in [2.45, 2.75) is 27.7 Å². The number of rotatable bonds is 7. The van der Waals surface area contributed by atoms with Gasteiger partial charge in [-0.15, -0.1) is 0 Å². The summed E-state index contributed by atoms with van der Waals surface area (Å²) < 4.78 is 18.9. The summed E-state index contributed by atoms with van der Waals surface area (Å²) in [5.74, 6) is -0.460. The van der Waals surface area contributed by atoms with E-state index in [1.54, 1.807) is 13.0 Å². The molecule has 0 radical (unpaired) electrons. The first-order chi connectivity index (χ1) is 9.01. The Bertz CT molecular complexity index is 446. The molecule has 0 spiro atoms. The van der Waals surface area contributed by atoms with E-state index in [9.17, 15) is 9.18 Å². The summed E-state index contributed by atoms with van der Waals surface area (Å²) in [6.07, 6.45) is 0. The minimum atomic E-state index is -0.338. The highest BCUT2D eigenvalue weighted by Gasteiger charge is 2.15. The Kier molecular flexibility index (Phi) is 5.96. The Balaban J connectivity index is 3.07. The van der Waals surface area contributed by atoms with E-state index in [2.05, 4.69) is 0 Å². The number of ether oxygens (including phenoxy) is 1. The molecule has 1 aromatic rings. The zero-order chi connectivity index (χ0) is 14.4. The molecule has 0 amide bonds. The van der Waals surface area contributed by atoms with Gasteiger partial charge in [-0.1, -0.05) is 0 Å². The van der Waals surface area contributed by atoms with Crippen LogP contribution in [0.5, 0.6) is 0 Å². The smallest absolute Gasteiger partial charge is 0.161 e. The molecule has 0 unspecified atom stereocenters. The highest BCUT2D eigenvalue weighted by molar-refractivity contribution is 5.99. The molecule has 0 N–H and O–H groups in total.